The Morgan fingerprint density at radius 3 is 2.72 bits per heavy atom. The Morgan fingerprint density at radius 2 is 1.97 bits per heavy atom. The molecular weight excluding hydrogens is 417 g/mol. The molecule has 2 aliphatic rings. The molecule has 8 nitrogen and oxygen atoms in total. The molecule has 9 heteroatoms. The van der Waals surface area contributed by atoms with Crippen LogP contribution < -0.4 is 20.7 Å². The topological polar surface area (TPSA) is 97.9 Å². The second kappa shape index (κ2) is 9.13. The van der Waals surface area contributed by atoms with Gasteiger partial charge in [-0.15, -0.1) is 0 Å². The molecule has 170 valence electrons. The van der Waals surface area contributed by atoms with E-state index in [9.17, 15) is 14.0 Å². The third kappa shape index (κ3) is 4.68. The van der Waals surface area contributed by atoms with E-state index in [1.165, 1.54) is 12.1 Å². The maximum Gasteiger partial charge on any atom is 0.319 e. The van der Waals surface area contributed by atoms with E-state index in [0.29, 0.717) is 42.0 Å². The Labute approximate surface area is 185 Å². The summed E-state index contributed by atoms with van der Waals surface area (Å²) < 4.78 is 30.8. The van der Waals surface area contributed by atoms with Crippen molar-refractivity contribution in [1.29, 1.82) is 0 Å². The molecule has 0 unspecified atom stereocenters. The molecule has 2 aromatic carbocycles. The number of fused-ring (bicyclic) bond motifs is 2. The first kappa shape index (κ1) is 22.0. The molecule has 1 atom stereocenters. The third-order valence-corrected chi connectivity index (χ3v) is 5.63. The summed E-state index contributed by atoms with van der Waals surface area (Å²) in [4.78, 5) is 24.5. The van der Waals surface area contributed by atoms with Gasteiger partial charge in [0, 0.05) is 44.0 Å². The Kier molecular flexibility index (Phi) is 6.29. The molecule has 0 aromatic heterocycles. The second-order valence-corrected chi connectivity index (χ2v) is 8.11. The van der Waals surface area contributed by atoms with Crippen LogP contribution in [-0.2, 0) is 20.7 Å². The van der Waals surface area contributed by atoms with Crippen molar-refractivity contribution >= 4 is 23.3 Å². The third-order valence-electron chi connectivity index (χ3n) is 5.63. The van der Waals surface area contributed by atoms with Crippen LogP contribution >= 0.6 is 0 Å². The second-order valence-electron chi connectivity index (χ2n) is 8.11. The summed E-state index contributed by atoms with van der Waals surface area (Å²) in [6, 6.07) is 8.62. The number of methoxy groups -OCH3 is 2. The molecule has 3 N–H and O–H groups in total. The van der Waals surface area contributed by atoms with Crippen LogP contribution in [0, 0.1) is 5.82 Å². The van der Waals surface area contributed by atoms with Gasteiger partial charge in [0.05, 0.1) is 19.3 Å². The van der Waals surface area contributed by atoms with E-state index in [1.807, 2.05) is 6.07 Å². The molecule has 32 heavy (non-hydrogen) atoms. The van der Waals surface area contributed by atoms with Gasteiger partial charge in [0.1, 0.15) is 11.6 Å². The lowest BCUT2D eigenvalue weighted by Crippen LogP contribution is -2.51. The number of benzene rings is 2. The van der Waals surface area contributed by atoms with Crippen molar-refractivity contribution in [2.45, 2.75) is 30.9 Å². The van der Waals surface area contributed by atoms with Crippen LogP contribution in [0.3, 0.4) is 0 Å². The SMILES string of the molecule is COCC1(COC)C[C@@H](NC(=O)Nc2ccc3c(c2)NC(=O)CC3)c2cc(F)ccc2O1. The molecule has 2 heterocycles. The molecule has 0 saturated carbocycles. The Bertz CT molecular complexity index is 1020. The minimum atomic E-state index is -0.831. The summed E-state index contributed by atoms with van der Waals surface area (Å²) in [5.74, 6) is -0.00270. The molecule has 0 aliphatic carbocycles. The Morgan fingerprint density at radius 1 is 1.19 bits per heavy atom. The number of ether oxygens (including phenoxy) is 3. The first-order valence-corrected chi connectivity index (χ1v) is 10.4. The molecule has 2 aliphatic heterocycles. The van der Waals surface area contributed by atoms with E-state index in [2.05, 4.69) is 16.0 Å². The van der Waals surface area contributed by atoms with Crippen molar-refractivity contribution in [1.82, 2.24) is 5.32 Å². The van der Waals surface area contributed by atoms with E-state index >= 15 is 0 Å². The number of halogens is 1. The lowest BCUT2D eigenvalue weighted by molar-refractivity contribution is -0.116. The fraction of sp³-hybridized carbons (Fsp3) is 0.391. The number of hydrogen-bond acceptors (Lipinski definition) is 5. The first-order valence-electron chi connectivity index (χ1n) is 10.4. The molecule has 0 radical (unpaired) electrons. The van der Waals surface area contributed by atoms with E-state index < -0.39 is 23.5 Å². The number of urea groups is 1. The number of carbonyl (C=O) groups is 2. The van der Waals surface area contributed by atoms with Crippen molar-refractivity contribution in [3.63, 3.8) is 0 Å². The predicted molar refractivity (Wildman–Crippen MR) is 116 cm³/mol. The zero-order chi connectivity index (χ0) is 22.7. The molecule has 2 aromatic rings. The van der Waals surface area contributed by atoms with E-state index in [-0.39, 0.29) is 19.1 Å². The molecule has 0 bridgehead atoms. The van der Waals surface area contributed by atoms with Crippen molar-refractivity contribution in [3.05, 3.63) is 53.3 Å². The van der Waals surface area contributed by atoms with Gasteiger partial charge in [-0.2, -0.15) is 0 Å². The van der Waals surface area contributed by atoms with Crippen molar-refractivity contribution in [2.75, 3.05) is 38.1 Å². The predicted octanol–water partition coefficient (Wildman–Crippen LogP) is 3.39. The van der Waals surface area contributed by atoms with Gasteiger partial charge in [-0.05, 0) is 42.3 Å². The fourth-order valence-electron chi connectivity index (χ4n) is 4.29. The summed E-state index contributed by atoms with van der Waals surface area (Å²) in [5.41, 5.74) is 1.96. The monoisotopic (exact) mass is 443 g/mol. The largest absolute Gasteiger partial charge is 0.482 e. The van der Waals surface area contributed by atoms with Crippen LogP contribution in [0.2, 0.25) is 0 Å². The smallest absolute Gasteiger partial charge is 0.319 e. The zero-order valence-electron chi connectivity index (χ0n) is 18.0. The minimum Gasteiger partial charge on any atom is -0.482 e. The van der Waals surface area contributed by atoms with Gasteiger partial charge in [0.25, 0.3) is 0 Å². The highest BCUT2D eigenvalue weighted by atomic mass is 19.1. The highest BCUT2D eigenvalue weighted by molar-refractivity contribution is 5.96. The van der Waals surface area contributed by atoms with Crippen LogP contribution in [0.1, 0.15) is 30.0 Å². The number of nitrogens with one attached hydrogen (secondary N) is 3. The summed E-state index contributed by atoms with van der Waals surface area (Å²) >= 11 is 0. The normalized spacial score (nSPS) is 18.6. The van der Waals surface area contributed by atoms with Gasteiger partial charge in [0.2, 0.25) is 5.91 Å². The van der Waals surface area contributed by atoms with Crippen molar-refractivity contribution < 1.29 is 28.2 Å². The number of rotatable bonds is 6. The first-order chi connectivity index (χ1) is 15.4. The van der Waals surface area contributed by atoms with Gasteiger partial charge in [-0.1, -0.05) is 6.07 Å². The average molecular weight is 443 g/mol. The number of carbonyl (C=O) groups excluding carboxylic acids is 2. The van der Waals surface area contributed by atoms with Gasteiger partial charge < -0.3 is 30.2 Å². The standard InChI is InChI=1S/C23H26FN3O5/c1-30-12-23(13-31-2)11-19(17-9-15(24)5-7-20(17)32-23)27-22(29)25-16-6-3-14-4-8-21(28)26-18(14)10-16/h3,5-7,9-10,19H,4,8,11-13H2,1-2H3,(H,26,28)(H2,25,27,29)/t19-/m1/s1. The average Bonchev–Trinajstić information content (AvgIpc) is 2.74. The van der Waals surface area contributed by atoms with Gasteiger partial charge in [-0.3, -0.25) is 4.79 Å². The summed E-state index contributed by atoms with van der Waals surface area (Å²) in [7, 11) is 3.12. The molecule has 4 rings (SSSR count). The highest BCUT2D eigenvalue weighted by Crippen LogP contribution is 2.40. The Hall–Kier alpha value is -3.17. The van der Waals surface area contributed by atoms with Gasteiger partial charge in [0.15, 0.2) is 5.60 Å². The zero-order valence-corrected chi connectivity index (χ0v) is 18.0. The Balaban J connectivity index is 1.54. The number of anilines is 2. The summed E-state index contributed by atoms with van der Waals surface area (Å²) in [5, 5.41) is 8.52. The molecule has 0 fully saturated rings. The molecule has 0 spiro atoms. The summed E-state index contributed by atoms with van der Waals surface area (Å²) in [6.45, 7) is 0.476. The van der Waals surface area contributed by atoms with Crippen LogP contribution in [0.4, 0.5) is 20.6 Å². The lowest BCUT2D eigenvalue weighted by atomic mass is 9.88. The van der Waals surface area contributed by atoms with Gasteiger partial charge in [-0.25, -0.2) is 9.18 Å². The number of hydrogen-bond donors (Lipinski definition) is 3. The van der Waals surface area contributed by atoms with E-state index in [1.54, 1.807) is 32.4 Å². The number of amides is 3. The fourth-order valence-corrected chi connectivity index (χ4v) is 4.29. The molecule has 3 amide bonds. The number of aryl methyl sites for hydroxylation is 1. The van der Waals surface area contributed by atoms with Crippen LogP contribution in [0.25, 0.3) is 0 Å². The quantitative estimate of drug-likeness (QED) is 0.636. The van der Waals surface area contributed by atoms with Crippen molar-refractivity contribution in [2.24, 2.45) is 0 Å². The minimum absolute atomic E-state index is 0.0485. The highest BCUT2D eigenvalue weighted by Gasteiger charge is 2.42. The molecule has 0 saturated heterocycles. The lowest BCUT2D eigenvalue weighted by Gasteiger charge is -2.41. The molecular formula is C23H26FN3O5. The van der Waals surface area contributed by atoms with E-state index in [4.69, 9.17) is 14.2 Å². The van der Waals surface area contributed by atoms with E-state index in [0.717, 1.165) is 5.56 Å². The van der Waals surface area contributed by atoms with Crippen molar-refractivity contribution in [3.8, 4) is 5.75 Å². The summed E-state index contributed by atoms with van der Waals surface area (Å²) in [6.07, 6.45) is 1.45. The van der Waals surface area contributed by atoms with Crippen LogP contribution in [-0.4, -0.2) is 45.0 Å². The maximum atomic E-state index is 14.0. The van der Waals surface area contributed by atoms with Crippen LogP contribution in [0.5, 0.6) is 5.75 Å². The van der Waals surface area contributed by atoms with Crippen LogP contribution in [0.15, 0.2) is 36.4 Å². The maximum absolute atomic E-state index is 14.0. The van der Waals surface area contributed by atoms with Gasteiger partial charge >= 0.3 is 6.03 Å².